The summed E-state index contributed by atoms with van der Waals surface area (Å²) in [7, 11) is 0. The number of anilines is 1. The zero-order valence-corrected chi connectivity index (χ0v) is 12.9. The first-order valence-electron chi connectivity index (χ1n) is 7.42. The molecule has 0 unspecified atom stereocenters. The Balaban J connectivity index is 1.66. The highest BCUT2D eigenvalue weighted by atomic mass is 16.3. The minimum absolute atomic E-state index is 0.172. The van der Waals surface area contributed by atoms with Gasteiger partial charge in [0.05, 0.1) is 5.71 Å². The fourth-order valence-electron chi connectivity index (χ4n) is 2.54. The lowest BCUT2D eigenvalue weighted by molar-refractivity contribution is 0.474. The number of aromatic hydroxyl groups is 1. The third-order valence-corrected chi connectivity index (χ3v) is 3.74. The highest BCUT2D eigenvalue weighted by Gasteiger charge is 2.08. The fourth-order valence-corrected chi connectivity index (χ4v) is 2.54. The van der Waals surface area contributed by atoms with E-state index in [0.29, 0.717) is 16.9 Å². The number of hydrazone groups is 1. The molecule has 3 N–H and O–H groups in total. The molecule has 7 nitrogen and oxygen atoms in total. The molecule has 0 aliphatic rings. The molecule has 2 heterocycles. The van der Waals surface area contributed by atoms with Crippen LogP contribution in [0.4, 0.5) is 5.95 Å². The van der Waals surface area contributed by atoms with Gasteiger partial charge in [-0.3, -0.25) is 0 Å². The van der Waals surface area contributed by atoms with E-state index in [1.165, 1.54) is 0 Å². The number of benzene rings is 2. The van der Waals surface area contributed by atoms with Gasteiger partial charge in [-0.1, -0.05) is 30.3 Å². The van der Waals surface area contributed by atoms with Crippen molar-refractivity contribution in [2.45, 2.75) is 6.92 Å². The summed E-state index contributed by atoms with van der Waals surface area (Å²) in [5.41, 5.74) is 6.36. The van der Waals surface area contributed by atoms with Gasteiger partial charge in [0.25, 0.3) is 5.95 Å². The highest BCUT2D eigenvalue weighted by molar-refractivity contribution is 6.03. The minimum atomic E-state index is 0.172. The smallest absolute Gasteiger partial charge is 0.265 e. The topological polar surface area (TPSA) is 99.1 Å². The van der Waals surface area contributed by atoms with Crippen LogP contribution in [0.25, 0.3) is 22.1 Å². The van der Waals surface area contributed by atoms with Crippen LogP contribution in [0.3, 0.4) is 0 Å². The van der Waals surface area contributed by atoms with Crippen molar-refractivity contribution < 1.29 is 5.11 Å². The Kier molecular flexibility index (Phi) is 3.31. The summed E-state index contributed by atoms with van der Waals surface area (Å²) >= 11 is 0. The number of phenolic OH excluding ortho intramolecular Hbond substituents is 1. The molecular weight excluding hydrogens is 304 g/mol. The van der Waals surface area contributed by atoms with Crippen molar-refractivity contribution in [3.05, 3.63) is 54.1 Å². The first-order chi connectivity index (χ1) is 11.7. The summed E-state index contributed by atoms with van der Waals surface area (Å²) in [5.74, 6) is 0.453. The summed E-state index contributed by atoms with van der Waals surface area (Å²) in [5, 5.41) is 23.3. The molecule has 118 valence electrons. The summed E-state index contributed by atoms with van der Waals surface area (Å²) in [4.78, 5) is 7.60. The van der Waals surface area contributed by atoms with Crippen LogP contribution >= 0.6 is 0 Å². The van der Waals surface area contributed by atoms with Crippen molar-refractivity contribution in [1.82, 2.24) is 20.2 Å². The number of nitrogens with zero attached hydrogens (tertiary/aromatic N) is 4. The van der Waals surface area contributed by atoms with Crippen LogP contribution in [0.2, 0.25) is 0 Å². The van der Waals surface area contributed by atoms with Gasteiger partial charge in [-0.25, -0.2) is 5.43 Å². The molecule has 24 heavy (non-hydrogen) atoms. The van der Waals surface area contributed by atoms with E-state index in [9.17, 15) is 5.11 Å². The van der Waals surface area contributed by atoms with Gasteiger partial charge >= 0.3 is 0 Å². The number of phenols is 1. The van der Waals surface area contributed by atoms with Crippen LogP contribution < -0.4 is 5.43 Å². The SMILES string of the molecule is CC(=NNc1nnc2c(n1)[nH]c1ccccc12)c1ccccc1O. The van der Waals surface area contributed by atoms with E-state index >= 15 is 0 Å². The number of aromatic nitrogens is 4. The van der Waals surface area contributed by atoms with Crippen LogP contribution in [-0.2, 0) is 0 Å². The number of aromatic amines is 1. The third kappa shape index (κ3) is 2.41. The van der Waals surface area contributed by atoms with Crippen LogP contribution in [-0.4, -0.2) is 31.0 Å². The maximum absolute atomic E-state index is 9.84. The van der Waals surface area contributed by atoms with E-state index < -0.39 is 0 Å². The molecule has 0 aliphatic heterocycles. The van der Waals surface area contributed by atoms with Crippen LogP contribution in [0.1, 0.15) is 12.5 Å². The maximum atomic E-state index is 9.84. The molecule has 0 amide bonds. The van der Waals surface area contributed by atoms with Crippen molar-refractivity contribution in [3.8, 4) is 5.75 Å². The number of hydrogen-bond acceptors (Lipinski definition) is 6. The Labute approximate surface area is 137 Å². The molecule has 4 aromatic rings. The van der Waals surface area contributed by atoms with Gasteiger partial charge < -0.3 is 10.1 Å². The van der Waals surface area contributed by atoms with Gasteiger partial charge in [0.2, 0.25) is 0 Å². The monoisotopic (exact) mass is 318 g/mol. The fraction of sp³-hybridized carbons (Fsp3) is 0.0588. The highest BCUT2D eigenvalue weighted by Crippen LogP contribution is 2.22. The Morgan fingerprint density at radius 1 is 1.08 bits per heavy atom. The molecule has 0 bridgehead atoms. The van der Waals surface area contributed by atoms with E-state index in [1.807, 2.05) is 30.3 Å². The second-order valence-corrected chi connectivity index (χ2v) is 5.33. The largest absolute Gasteiger partial charge is 0.507 e. The molecule has 0 saturated carbocycles. The average molecular weight is 318 g/mol. The van der Waals surface area contributed by atoms with Crippen LogP contribution in [0.15, 0.2) is 53.6 Å². The predicted molar refractivity (Wildman–Crippen MR) is 93.1 cm³/mol. The Morgan fingerprint density at radius 3 is 2.75 bits per heavy atom. The molecule has 0 spiro atoms. The quantitative estimate of drug-likeness (QED) is 0.398. The number of para-hydroxylation sites is 2. The lowest BCUT2D eigenvalue weighted by Crippen LogP contribution is -2.03. The first kappa shape index (κ1) is 14.1. The molecule has 0 saturated heterocycles. The van der Waals surface area contributed by atoms with Crippen molar-refractivity contribution >= 4 is 33.7 Å². The molecule has 4 rings (SSSR count). The van der Waals surface area contributed by atoms with Gasteiger partial charge in [-0.15, -0.1) is 10.2 Å². The second-order valence-electron chi connectivity index (χ2n) is 5.33. The zero-order chi connectivity index (χ0) is 16.5. The summed E-state index contributed by atoms with van der Waals surface area (Å²) in [6.07, 6.45) is 0. The van der Waals surface area contributed by atoms with E-state index in [0.717, 1.165) is 16.4 Å². The van der Waals surface area contributed by atoms with Crippen LogP contribution in [0.5, 0.6) is 5.75 Å². The standard InChI is InChI=1S/C17H14N6O/c1-10(11-6-3-5-9-14(11)24)20-22-17-19-16-15(21-23-17)12-7-2-4-8-13(12)18-16/h2-9,24H,1H3,(H2,18,19,22,23). The molecule has 7 heteroatoms. The molecule has 0 aliphatic carbocycles. The van der Waals surface area contributed by atoms with Gasteiger partial charge in [0.15, 0.2) is 5.65 Å². The van der Waals surface area contributed by atoms with Gasteiger partial charge in [0, 0.05) is 16.5 Å². The molecule has 2 aromatic carbocycles. The van der Waals surface area contributed by atoms with E-state index in [-0.39, 0.29) is 11.7 Å². The van der Waals surface area contributed by atoms with Crippen LogP contribution in [0, 0.1) is 0 Å². The van der Waals surface area contributed by atoms with Crippen molar-refractivity contribution in [3.63, 3.8) is 0 Å². The lowest BCUT2D eigenvalue weighted by atomic mass is 10.1. The van der Waals surface area contributed by atoms with Gasteiger partial charge in [-0.2, -0.15) is 10.1 Å². The number of hydrogen-bond donors (Lipinski definition) is 3. The average Bonchev–Trinajstić information content (AvgIpc) is 2.98. The van der Waals surface area contributed by atoms with Crippen molar-refractivity contribution in [2.75, 3.05) is 5.43 Å². The predicted octanol–water partition coefficient (Wildman–Crippen LogP) is 3.05. The molecule has 0 atom stereocenters. The zero-order valence-electron chi connectivity index (χ0n) is 12.9. The molecule has 0 fully saturated rings. The van der Waals surface area contributed by atoms with E-state index in [1.54, 1.807) is 25.1 Å². The number of rotatable bonds is 3. The van der Waals surface area contributed by atoms with E-state index in [4.69, 9.17) is 0 Å². The van der Waals surface area contributed by atoms with Gasteiger partial charge in [-0.05, 0) is 25.1 Å². The Bertz CT molecular complexity index is 1070. The first-order valence-corrected chi connectivity index (χ1v) is 7.42. The third-order valence-electron chi connectivity index (χ3n) is 3.74. The lowest BCUT2D eigenvalue weighted by Gasteiger charge is -2.04. The second kappa shape index (κ2) is 5.62. The van der Waals surface area contributed by atoms with E-state index in [2.05, 4.69) is 30.7 Å². The number of fused-ring (bicyclic) bond motifs is 3. The Hall–Kier alpha value is -3.48. The normalized spacial score (nSPS) is 12.0. The summed E-state index contributed by atoms with van der Waals surface area (Å²) in [6, 6.07) is 14.8. The number of H-pyrrole nitrogens is 1. The van der Waals surface area contributed by atoms with Crippen molar-refractivity contribution in [1.29, 1.82) is 0 Å². The van der Waals surface area contributed by atoms with Gasteiger partial charge in [0.1, 0.15) is 11.3 Å². The molecule has 2 aromatic heterocycles. The minimum Gasteiger partial charge on any atom is -0.507 e. The Morgan fingerprint density at radius 2 is 1.88 bits per heavy atom. The number of nitrogens with one attached hydrogen (secondary N) is 2. The molecular formula is C17H14N6O. The molecule has 0 radical (unpaired) electrons. The van der Waals surface area contributed by atoms with Crippen molar-refractivity contribution in [2.24, 2.45) is 5.10 Å². The summed E-state index contributed by atoms with van der Waals surface area (Å²) in [6.45, 7) is 1.79. The maximum Gasteiger partial charge on any atom is 0.265 e. The summed E-state index contributed by atoms with van der Waals surface area (Å²) < 4.78 is 0.